The van der Waals surface area contributed by atoms with E-state index in [9.17, 15) is 0 Å². The van der Waals surface area contributed by atoms with E-state index in [-0.39, 0.29) is 5.95 Å². The molecule has 4 N–H and O–H groups in total. The Morgan fingerprint density at radius 2 is 1.66 bits per heavy atom. The van der Waals surface area contributed by atoms with Crippen molar-refractivity contribution < 1.29 is 13.9 Å². The van der Waals surface area contributed by atoms with E-state index >= 15 is 0 Å². The number of ether oxygens (including phenoxy) is 2. The minimum atomic E-state index is 0.180. The highest BCUT2D eigenvalue weighted by Gasteiger charge is 2.16. The van der Waals surface area contributed by atoms with E-state index in [1.54, 1.807) is 24.9 Å². The van der Waals surface area contributed by atoms with Gasteiger partial charge >= 0.3 is 0 Å². The van der Waals surface area contributed by atoms with Gasteiger partial charge in [-0.2, -0.15) is 24.8 Å². The summed E-state index contributed by atoms with van der Waals surface area (Å²) in [6.07, 6.45) is 5.48. The van der Waals surface area contributed by atoms with Crippen LogP contribution >= 0.6 is 15.9 Å². The van der Waals surface area contributed by atoms with Crippen LogP contribution in [0.5, 0.6) is 0 Å². The molecule has 0 unspecified atom stereocenters. The molecule has 0 atom stereocenters. The Kier molecular flexibility index (Phi) is 14.4. The van der Waals surface area contributed by atoms with Crippen LogP contribution in [0.1, 0.15) is 41.2 Å². The Hall–Kier alpha value is -4.22. The molecule has 0 aliphatic rings. The summed E-state index contributed by atoms with van der Waals surface area (Å²) in [7, 11) is 3.34. The number of aromatic nitrogens is 6. The fraction of sp³-hybridized carbons (Fsp3) is 0.355. The van der Waals surface area contributed by atoms with Gasteiger partial charge in [0.05, 0.1) is 18.9 Å². The Bertz CT molecular complexity index is 1630. The molecule has 44 heavy (non-hydrogen) atoms. The number of pyridine rings is 2. The lowest BCUT2D eigenvalue weighted by molar-refractivity contribution is 0.195. The van der Waals surface area contributed by atoms with Gasteiger partial charge in [0.1, 0.15) is 10.4 Å². The molecule has 13 heteroatoms. The third-order valence-corrected chi connectivity index (χ3v) is 6.47. The van der Waals surface area contributed by atoms with Gasteiger partial charge in [-0.25, -0.2) is 4.98 Å². The first-order chi connectivity index (χ1) is 21.4. The van der Waals surface area contributed by atoms with Crippen molar-refractivity contribution in [2.75, 3.05) is 39.7 Å². The molecule has 0 aliphatic carbocycles. The molecule has 0 saturated heterocycles. The number of anilines is 1. The summed E-state index contributed by atoms with van der Waals surface area (Å²) in [5, 5.41) is 12.8. The topological polar surface area (TPSA) is 176 Å². The van der Waals surface area contributed by atoms with Crippen LogP contribution in [0.4, 0.5) is 5.95 Å². The Morgan fingerprint density at radius 3 is 2.30 bits per heavy atom. The second kappa shape index (κ2) is 18.4. The summed E-state index contributed by atoms with van der Waals surface area (Å²) >= 11 is 3.26. The Labute approximate surface area is 265 Å². The van der Waals surface area contributed by atoms with Gasteiger partial charge in [0, 0.05) is 69.3 Å². The van der Waals surface area contributed by atoms with Crippen LogP contribution in [0, 0.1) is 18.3 Å². The second-order valence-electron chi connectivity index (χ2n) is 9.51. The molecule has 12 nitrogen and oxygen atoms in total. The lowest BCUT2D eigenvalue weighted by Gasteiger charge is -2.05. The minimum Gasteiger partial charge on any atom is -0.458 e. The van der Waals surface area contributed by atoms with Crippen molar-refractivity contribution in [1.82, 2.24) is 29.5 Å². The van der Waals surface area contributed by atoms with Crippen molar-refractivity contribution >= 4 is 27.5 Å². The van der Waals surface area contributed by atoms with Crippen LogP contribution in [0.25, 0.3) is 17.2 Å². The minimum absolute atomic E-state index is 0.180. The summed E-state index contributed by atoms with van der Waals surface area (Å²) in [6.45, 7) is 3.90. The van der Waals surface area contributed by atoms with E-state index in [0.29, 0.717) is 43.2 Å². The third-order valence-electron chi connectivity index (χ3n) is 6.02. The molecular weight excluding hydrogens is 626 g/mol. The molecule has 5 aromatic rings. The maximum Gasteiger partial charge on any atom is 0.224 e. The van der Waals surface area contributed by atoms with Crippen molar-refractivity contribution in [2.24, 2.45) is 5.73 Å². The van der Waals surface area contributed by atoms with E-state index < -0.39 is 0 Å². The van der Waals surface area contributed by atoms with Gasteiger partial charge in [-0.05, 0) is 72.1 Å². The number of aryl methyl sites for hydroxylation is 3. The number of nitriles is 1. The standard InChI is InChI=1S/C20H22N6O2.C8H7BrN2.C3H9NO/c1-13-8-9-17(28-13)19-25-20(21)24-18-14(12-22-26(18)19)11-16-6-3-5-15(23-16)7-4-10-27-2;9-8-5-1-3-7(11-8)4-2-6-10;1-5-3-2-4/h3,5-6,8-9,12H,4,7,10-11H2,1-2H3,(H2,21,24);1,3,5H,2,4H2;2-4H2,1H3. The van der Waals surface area contributed by atoms with Crippen molar-refractivity contribution in [3.05, 3.63) is 87.7 Å². The first-order valence-electron chi connectivity index (χ1n) is 14.1. The van der Waals surface area contributed by atoms with Crippen LogP contribution in [-0.4, -0.2) is 63.5 Å². The predicted molar refractivity (Wildman–Crippen MR) is 172 cm³/mol. The number of hydrogen-bond acceptors (Lipinski definition) is 11. The number of furan rings is 1. The molecule has 0 spiro atoms. The van der Waals surface area contributed by atoms with Crippen molar-refractivity contribution in [3.63, 3.8) is 0 Å². The molecule has 0 fully saturated rings. The number of halogens is 1. The first-order valence-corrected chi connectivity index (χ1v) is 14.9. The van der Waals surface area contributed by atoms with Crippen LogP contribution in [0.3, 0.4) is 0 Å². The maximum atomic E-state index is 8.31. The Balaban J connectivity index is 0.000000273. The SMILES string of the molecule is COCCCc1cccc(Cc2cnn3c(-c4ccc(C)o4)nc(N)nc23)n1.COCCN.N#CCCc1cccc(Br)n1. The van der Waals surface area contributed by atoms with E-state index in [4.69, 9.17) is 30.9 Å². The molecule has 5 rings (SSSR count). The molecule has 5 aromatic heterocycles. The van der Waals surface area contributed by atoms with E-state index in [2.05, 4.69) is 46.8 Å². The monoisotopic (exact) mass is 663 g/mol. The lowest BCUT2D eigenvalue weighted by atomic mass is 10.1. The largest absolute Gasteiger partial charge is 0.458 e. The molecule has 5 heterocycles. The third kappa shape index (κ3) is 10.8. The van der Waals surface area contributed by atoms with Crippen LogP contribution in [0.15, 0.2) is 63.7 Å². The normalized spacial score (nSPS) is 10.5. The van der Waals surface area contributed by atoms with E-state index in [1.165, 1.54) is 0 Å². The summed E-state index contributed by atoms with van der Waals surface area (Å²) < 4.78 is 17.9. The zero-order chi connectivity index (χ0) is 31.7. The van der Waals surface area contributed by atoms with Gasteiger partial charge in [-0.3, -0.25) is 4.98 Å². The fourth-order valence-electron chi connectivity index (χ4n) is 4.03. The highest BCUT2D eigenvalue weighted by Crippen LogP contribution is 2.23. The number of methoxy groups -OCH3 is 2. The number of nitrogen functional groups attached to an aromatic ring is 1. The first kappa shape index (κ1) is 34.3. The average Bonchev–Trinajstić information content (AvgIpc) is 3.63. The molecule has 0 aliphatic heterocycles. The molecule has 0 saturated carbocycles. The van der Waals surface area contributed by atoms with Gasteiger partial charge in [0.15, 0.2) is 11.4 Å². The zero-order valence-corrected chi connectivity index (χ0v) is 26.8. The van der Waals surface area contributed by atoms with Crippen molar-refractivity contribution in [1.29, 1.82) is 5.26 Å². The van der Waals surface area contributed by atoms with Gasteiger partial charge in [-0.15, -0.1) is 0 Å². The molecular formula is C31H38BrN9O3. The van der Waals surface area contributed by atoms with Gasteiger partial charge in [0.2, 0.25) is 11.8 Å². The predicted octanol–water partition coefficient (Wildman–Crippen LogP) is 4.73. The molecule has 0 aromatic carbocycles. The van der Waals surface area contributed by atoms with Crippen molar-refractivity contribution in [3.8, 4) is 17.7 Å². The lowest BCUT2D eigenvalue weighted by Crippen LogP contribution is -2.05. The quantitative estimate of drug-likeness (QED) is 0.147. The molecule has 0 amide bonds. The van der Waals surface area contributed by atoms with E-state index in [0.717, 1.165) is 58.9 Å². The highest BCUT2D eigenvalue weighted by molar-refractivity contribution is 9.10. The van der Waals surface area contributed by atoms with Crippen LogP contribution < -0.4 is 11.5 Å². The number of hydrogen-bond donors (Lipinski definition) is 2. The Morgan fingerprint density at radius 1 is 0.932 bits per heavy atom. The number of fused-ring (bicyclic) bond motifs is 1. The van der Waals surface area contributed by atoms with Crippen molar-refractivity contribution in [2.45, 2.75) is 39.0 Å². The second-order valence-corrected chi connectivity index (χ2v) is 10.3. The molecule has 232 valence electrons. The van der Waals surface area contributed by atoms with E-state index in [1.807, 2.05) is 55.5 Å². The summed E-state index contributed by atoms with van der Waals surface area (Å²) in [6, 6.07) is 17.6. The number of nitrogens with two attached hydrogens (primary N) is 2. The summed E-state index contributed by atoms with van der Waals surface area (Å²) in [4.78, 5) is 17.6. The highest BCUT2D eigenvalue weighted by atomic mass is 79.9. The smallest absolute Gasteiger partial charge is 0.224 e. The summed E-state index contributed by atoms with van der Waals surface area (Å²) in [5.74, 6) is 2.11. The van der Waals surface area contributed by atoms with Crippen LogP contribution in [0.2, 0.25) is 0 Å². The maximum absolute atomic E-state index is 8.31. The molecule has 0 bridgehead atoms. The van der Waals surface area contributed by atoms with Gasteiger partial charge in [0.25, 0.3) is 0 Å². The number of nitrogens with zero attached hydrogens (tertiary/aromatic N) is 7. The van der Waals surface area contributed by atoms with Crippen LogP contribution in [-0.2, 0) is 28.7 Å². The summed E-state index contributed by atoms with van der Waals surface area (Å²) in [5.41, 5.74) is 15.5. The zero-order valence-electron chi connectivity index (χ0n) is 25.2. The van der Waals surface area contributed by atoms with Gasteiger partial charge in [-0.1, -0.05) is 12.1 Å². The molecule has 0 radical (unpaired) electrons. The van der Waals surface area contributed by atoms with Gasteiger partial charge < -0.3 is 25.4 Å². The number of rotatable bonds is 11. The fourth-order valence-corrected chi connectivity index (χ4v) is 4.41. The average molecular weight is 665 g/mol.